The van der Waals surface area contributed by atoms with E-state index in [9.17, 15) is 9.18 Å². The second kappa shape index (κ2) is 27.7. The van der Waals surface area contributed by atoms with Crippen LogP contribution in [-0.4, -0.2) is 58.6 Å². The number of nitrogen functional groups attached to an aromatic ring is 2. The van der Waals surface area contributed by atoms with Crippen molar-refractivity contribution in [2.45, 2.75) is 13.8 Å². The number of aromatic nitrogens is 8. The van der Waals surface area contributed by atoms with Crippen molar-refractivity contribution >= 4 is 46.2 Å². The number of hydrogen-bond acceptors (Lipinski definition) is 14. The normalized spacial score (nSPS) is 10.3. The molecule has 10 rings (SSSR count). The molecule has 1 amide bonds. The molecule has 5 N–H and O–H groups in total. The van der Waals surface area contributed by atoms with E-state index in [0.29, 0.717) is 75.5 Å². The van der Waals surface area contributed by atoms with E-state index in [0.717, 1.165) is 40.1 Å². The fourth-order valence-corrected chi connectivity index (χ4v) is 7.02. The molecule has 0 fully saturated rings. The maximum Gasteiger partial charge on any atom is 0.255 e. The molecule has 0 aliphatic carbocycles. The van der Waals surface area contributed by atoms with Crippen LogP contribution >= 0.6 is 23.2 Å². The largest absolute Gasteiger partial charge is 0.494 e. The number of carbonyl (C=O) groups excluding carboxylic acids is 1. The van der Waals surface area contributed by atoms with Gasteiger partial charge in [0.15, 0.2) is 0 Å². The van der Waals surface area contributed by atoms with Gasteiger partial charge >= 0.3 is 0 Å². The van der Waals surface area contributed by atoms with Gasteiger partial charge in [0.2, 0.25) is 0 Å². The number of rotatable bonds is 14. The Balaban J connectivity index is 0.000000168. The summed E-state index contributed by atoms with van der Waals surface area (Å²) in [6.07, 6.45) is 13.7. The molecule has 0 saturated heterocycles. The summed E-state index contributed by atoms with van der Waals surface area (Å²) in [4.78, 5) is 28.9. The summed E-state index contributed by atoms with van der Waals surface area (Å²) < 4.78 is 43.9. The number of nitrogens with zero attached hydrogens (tertiary/aromatic N) is 8. The van der Waals surface area contributed by atoms with Gasteiger partial charge in [-0.1, -0.05) is 23.2 Å². The molecule has 0 bridgehead atoms. The standard InChI is InChI=1S/C26H26N4O4.C15H14N4O.C11H9ClN2O.C5H3ClFN/c1-4-32-23-12-18(13-24(14-23)33-5-2)26(31)29-20-6-8-21(9-7-20)34-22-10-11-27-25(15-22)19-16-28-30(3)17-19;1-19-10-11(9-18-19)15-8-14(6-7-17-15)20-13-4-2-12(16)3-5-13;12-11-7-10(5-6-14-11)15-9-3-1-8(13)2-4-9;6-5-3-4(7)1-2-8-5/h6-17H,4-5H2,1-3H3,(H,29,31);2-10H,16H2,1H3;1-7H,13H2;1-3H. The number of pyridine rings is 4. The Labute approximate surface area is 453 Å². The van der Waals surface area contributed by atoms with Crippen LogP contribution in [0.1, 0.15) is 24.2 Å². The highest BCUT2D eigenvalue weighted by molar-refractivity contribution is 6.29. The summed E-state index contributed by atoms with van der Waals surface area (Å²) in [5.41, 5.74) is 17.2. The first-order valence-electron chi connectivity index (χ1n) is 23.6. The zero-order valence-corrected chi connectivity index (χ0v) is 43.6. The predicted molar refractivity (Wildman–Crippen MR) is 296 cm³/mol. The lowest BCUT2D eigenvalue weighted by Gasteiger charge is -2.12. The van der Waals surface area contributed by atoms with Gasteiger partial charge in [0.05, 0.1) is 37.0 Å². The summed E-state index contributed by atoms with van der Waals surface area (Å²) in [5, 5.41) is 11.8. The van der Waals surface area contributed by atoms with E-state index in [-0.39, 0.29) is 16.9 Å². The molecule has 0 aliphatic heterocycles. The fraction of sp³-hybridized carbons (Fsp3) is 0.105. The number of aryl methyl sites for hydroxylation is 2. The number of benzene rings is 4. The number of nitrogens with one attached hydrogen (secondary N) is 1. The van der Waals surface area contributed by atoms with Crippen molar-refractivity contribution in [1.82, 2.24) is 39.5 Å². The Morgan fingerprint density at radius 1 is 0.519 bits per heavy atom. The van der Waals surface area contributed by atoms with E-state index in [1.807, 2.05) is 70.7 Å². The van der Waals surface area contributed by atoms with Crippen LogP contribution < -0.4 is 40.5 Å². The first kappa shape index (κ1) is 55.2. The van der Waals surface area contributed by atoms with E-state index in [1.54, 1.807) is 137 Å². The number of hydrogen-bond donors (Lipinski definition) is 3. The SMILES string of the molecule is CCOc1cc(OCC)cc(C(=O)Nc2ccc(Oc3ccnc(-c4cnn(C)c4)c3)cc2)c1.Cn1cc(-c2cc(Oc3ccc(N)cc3)ccn2)cn1.Fc1ccnc(Cl)c1.Nc1ccc(Oc2ccnc(Cl)c2)cc1. The van der Waals surface area contributed by atoms with Crippen LogP contribution in [0.25, 0.3) is 22.5 Å². The van der Waals surface area contributed by atoms with Crippen LogP contribution in [0.15, 0.2) is 189 Å². The quantitative estimate of drug-likeness (QED) is 0.0682. The Kier molecular flexibility index (Phi) is 19.9. The third-order valence-corrected chi connectivity index (χ3v) is 10.6. The summed E-state index contributed by atoms with van der Waals surface area (Å²) in [5.74, 6) is 4.68. The van der Waals surface area contributed by atoms with Crippen molar-refractivity contribution in [3.63, 3.8) is 0 Å². The summed E-state index contributed by atoms with van der Waals surface area (Å²) in [6.45, 7) is 4.78. The van der Waals surface area contributed by atoms with E-state index < -0.39 is 0 Å². The molecule has 0 saturated carbocycles. The van der Waals surface area contributed by atoms with Crippen LogP contribution in [0.4, 0.5) is 21.5 Å². The minimum absolute atomic E-state index is 0.185. The van der Waals surface area contributed by atoms with Crippen LogP contribution in [0, 0.1) is 5.82 Å². The number of amides is 1. The number of anilines is 3. The number of carbonyl (C=O) groups is 1. The van der Waals surface area contributed by atoms with E-state index in [4.69, 9.17) is 58.4 Å². The Morgan fingerprint density at radius 3 is 1.32 bits per heavy atom. The Bertz CT molecular complexity index is 3430. The minimum Gasteiger partial charge on any atom is -0.494 e. The van der Waals surface area contributed by atoms with Gasteiger partial charge in [-0.2, -0.15) is 10.2 Å². The van der Waals surface area contributed by atoms with Crippen molar-refractivity contribution in [2.24, 2.45) is 14.1 Å². The van der Waals surface area contributed by atoms with Crippen molar-refractivity contribution < 1.29 is 32.9 Å². The molecule has 0 radical (unpaired) electrons. The van der Waals surface area contributed by atoms with Gasteiger partial charge < -0.3 is 40.5 Å². The van der Waals surface area contributed by atoms with Crippen molar-refractivity contribution in [3.8, 4) is 68.5 Å². The summed E-state index contributed by atoms with van der Waals surface area (Å²) in [6, 6.07) is 39.9. The molecule has 10 aromatic rings. The minimum atomic E-state index is -0.356. The third-order valence-electron chi connectivity index (χ3n) is 10.2. The highest BCUT2D eigenvalue weighted by Crippen LogP contribution is 2.30. The van der Waals surface area contributed by atoms with Crippen molar-refractivity contribution in [1.29, 1.82) is 0 Å². The molecule has 4 aromatic carbocycles. The Morgan fingerprint density at radius 2 is 0.935 bits per heavy atom. The molecule has 6 heterocycles. The summed E-state index contributed by atoms with van der Waals surface area (Å²) in [7, 11) is 3.73. The van der Waals surface area contributed by atoms with Crippen LogP contribution in [-0.2, 0) is 14.1 Å². The van der Waals surface area contributed by atoms with E-state index in [2.05, 4.69) is 35.5 Å². The molecular formula is C57H52Cl2FN11O6. The number of ether oxygens (including phenoxy) is 5. The van der Waals surface area contributed by atoms with Gasteiger partial charge in [-0.15, -0.1) is 0 Å². The molecule has 392 valence electrons. The predicted octanol–water partition coefficient (Wildman–Crippen LogP) is 13.2. The van der Waals surface area contributed by atoms with Crippen molar-refractivity contribution in [2.75, 3.05) is 30.0 Å². The average Bonchev–Trinajstić information content (AvgIpc) is 4.07. The zero-order valence-electron chi connectivity index (χ0n) is 42.1. The number of nitrogens with two attached hydrogens (primary N) is 2. The van der Waals surface area contributed by atoms with Gasteiger partial charge in [0, 0.05) is 115 Å². The number of halogens is 3. The maximum absolute atomic E-state index is 12.8. The molecule has 20 heteroatoms. The van der Waals surface area contributed by atoms with E-state index in [1.165, 1.54) is 12.3 Å². The molecule has 0 unspecified atom stereocenters. The fourth-order valence-electron chi connectivity index (χ4n) is 6.69. The van der Waals surface area contributed by atoms with Crippen LogP contribution in [0.2, 0.25) is 10.3 Å². The van der Waals surface area contributed by atoms with Crippen molar-refractivity contribution in [3.05, 3.63) is 211 Å². The van der Waals surface area contributed by atoms with E-state index >= 15 is 0 Å². The van der Waals surface area contributed by atoms with Gasteiger partial charge in [0.1, 0.15) is 62.1 Å². The monoisotopic (exact) mass is 1080 g/mol. The third kappa shape index (κ3) is 17.8. The average molecular weight is 1080 g/mol. The Hall–Kier alpha value is -9.52. The van der Waals surface area contributed by atoms with Gasteiger partial charge in [0.25, 0.3) is 5.91 Å². The molecular weight excluding hydrogens is 1020 g/mol. The maximum atomic E-state index is 12.8. The lowest BCUT2D eigenvalue weighted by Crippen LogP contribution is -2.12. The topological polar surface area (TPSA) is 214 Å². The second-order valence-electron chi connectivity index (χ2n) is 16.2. The van der Waals surface area contributed by atoms with Gasteiger partial charge in [-0.05, 0) is 123 Å². The lowest BCUT2D eigenvalue weighted by molar-refractivity contribution is 0.102. The lowest BCUT2D eigenvalue weighted by atomic mass is 10.1. The first-order chi connectivity index (χ1) is 37.3. The van der Waals surface area contributed by atoms with Crippen LogP contribution in [0.5, 0.6) is 46.0 Å². The first-order valence-corrected chi connectivity index (χ1v) is 24.4. The highest BCUT2D eigenvalue weighted by Gasteiger charge is 2.12. The molecule has 17 nitrogen and oxygen atoms in total. The van der Waals surface area contributed by atoms with Gasteiger partial charge in [-0.3, -0.25) is 24.1 Å². The zero-order chi connectivity index (χ0) is 54.5. The molecule has 6 aromatic heterocycles. The second-order valence-corrected chi connectivity index (χ2v) is 16.9. The van der Waals surface area contributed by atoms with Crippen LogP contribution in [0.3, 0.4) is 0 Å². The molecule has 0 atom stereocenters. The smallest absolute Gasteiger partial charge is 0.255 e. The molecule has 77 heavy (non-hydrogen) atoms. The highest BCUT2D eigenvalue weighted by atomic mass is 35.5. The van der Waals surface area contributed by atoms with Gasteiger partial charge in [-0.25, -0.2) is 14.4 Å². The molecule has 0 spiro atoms. The summed E-state index contributed by atoms with van der Waals surface area (Å²) >= 11 is 11.0. The molecule has 0 aliphatic rings.